The molecule has 3 N–H and O–H groups in total. The van der Waals surface area contributed by atoms with Crippen molar-refractivity contribution >= 4 is 17.3 Å². The predicted octanol–water partition coefficient (Wildman–Crippen LogP) is 2.16. The fraction of sp³-hybridized carbons (Fsp3) is 0.200. The largest absolute Gasteiger partial charge is 0.495 e. The second kappa shape index (κ2) is 6.06. The van der Waals surface area contributed by atoms with Crippen LogP contribution in [0.1, 0.15) is 11.3 Å². The fourth-order valence-corrected chi connectivity index (χ4v) is 1.80. The van der Waals surface area contributed by atoms with Gasteiger partial charge in [0.05, 0.1) is 31.1 Å². The third-order valence-electron chi connectivity index (χ3n) is 2.82. The minimum Gasteiger partial charge on any atom is -0.495 e. The normalized spacial score (nSPS) is 10.1. The Morgan fingerprint density at radius 1 is 1.35 bits per heavy atom. The summed E-state index contributed by atoms with van der Waals surface area (Å²) in [6.45, 7) is 1.96. The first-order valence-corrected chi connectivity index (χ1v) is 6.23. The van der Waals surface area contributed by atoms with Crippen LogP contribution in [0, 0.1) is 6.92 Å². The van der Waals surface area contributed by atoms with E-state index in [-0.39, 0.29) is 12.3 Å². The highest BCUT2D eigenvalue weighted by atomic mass is 16.5. The van der Waals surface area contributed by atoms with Crippen molar-refractivity contribution in [3.05, 3.63) is 47.8 Å². The Balaban J connectivity index is 2.06. The molecular formula is C15H17N3O2. The lowest BCUT2D eigenvalue weighted by Gasteiger charge is -2.10. The number of amides is 1. The number of hydrogen-bond acceptors (Lipinski definition) is 4. The van der Waals surface area contributed by atoms with Crippen molar-refractivity contribution in [2.24, 2.45) is 0 Å². The van der Waals surface area contributed by atoms with Crippen molar-refractivity contribution in [3.8, 4) is 5.75 Å². The highest BCUT2D eigenvalue weighted by Crippen LogP contribution is 2.25. The molecule has 1 aromatic heterocycles. The van der Waals surface area contributed by atoms with Crippen LogP contribution in [0.3, 0.4) is 0 Å². The number of methoxy groups -OCH3 is 1. The van der Waals surface area contributed by atoms with E-state index in [1.54, 1.807) is 19.2 Å². The molecule has 20 heavy (non-hydrogen) atoms. The predicted molar refractivity (Wildman–Crippen MR) is 78.7 cm³/mol. The maximum Gasteiger partial charge on any atom is 0.230 e. The molecule has 2 aromatic rings. The maximum atomic E-state index is 12.0. The lowest BCUT2D eigenvalue weighted by Crippen LogP contribution is -2.15. The number of nitrogens with two attached hydrogens (primary N) is 1. The molecule has 1 heterocycles. The number of aromatic nitrogens is 1. The summed E-state index contributed by atoms with van der Waals surface area (Å²) in [4.78, 5) is 16.1. The van der Waals surface area contributed by atoms with Gasteiger partial charge in [0.15, 0.2) is 0 Å². The minimum atomic E-state index is -0.149. The van der Waals surface area contributed by atoms with E-state index in [4.69, 9.17) is 10.5 Å². The average Bonchev–Trinajstić information content (AvgIpc) is 2.43. The fourth-order valence-electron chi connectivity index (χ4n) is 1.80. The maximum absolute atomic E-state index is 12.0. The number of carbonyl (C=O) groups is 1. The number of anilines is 2. The summed E-state index contributed by atoms with van der Waals surface area (Å²) in [5, 5.41) is 2.82. The molecule has 0 atom stereocenters. The SMILES string of the molecule is COc1cc(C)ccc1NC(=O)Cc1ccc(N)cn1. The summed E-state index contributed by atoms with van der Waals surface area (Å²) < 4.78 is 5.25. The van der Waals surface area contributed by atoms with Gasteiger partial charge in [-0.3, -0.25) is 9.78 Å². The molecule has 1 amide bonds. The second-order valence-corrected chi connectivity index (χ2v) is 4.51. The third-order valence-corrected chi connectivity index (χ3v) is 2.82. The van der Waals surface area contributed by atoms with Gasteiger partial charge in [0.25, 0.3) is 0 Å². The average molecular weight is 271 g/mol. The zero-order chi connectivity index (χ0) is 14.5. The van der Waals surface area contributed by atoms with Crippen LogP contribution in [0.15, 0.2) is 36.5 Å². The van der Waals surface area contributed by atoms with Gasteiger partial charge in [0.2, 0.25) is 5.91 Å². The van der Waals surface area contributed by atoms with Gasteiger partial charge >= 0.3 is 0 Å². The van der Waals surface area contributed by atoms with Crippen molar-refractivity contribution in [2.45, 2.75) is 13.3 Å². The first-order valence-electron chi connectivity index (χ1n) is 6.23. The lowest BCUT2D eigenvalue weighted by atomic mass is 10.2. The van der Waals surface area contributed by atoms with E-state index in [0.717, 1.165) is 5.56 Å². The number of nitrogens with zero attached hydrogens (tertiary/aromatic N) is 1. The molecule has 0 aliphatic rings. The Morgan fingerprint density at radius 2 is 2.15 bits per heavy atom. The van der Waals surface area contributed by atoms with E-state index in [1.807, 2.05) is 25.1 Å². The first-order chi connectivity index (χ1) is 9.58. The molecule has 0 aliphatic heterocycles. The van der Waals surface area contributed by atoms with E-state index < -0.39 is 0 Å². The third kappa shape index (κ3) is 3.47. The van der Waals surface area contributed by atoms with Crippen LogP contribution in [0.5, 0.6) is 5.75 Å². The van der Waals surface area contributed by atoms with Gasteiger partial charge in [-0.05, 0) is 36.8 Å². The number of pyridine rings is 1. The van der Waals surface area contributed by atoms with Gasteiger partial charge in [-0.25, -0.2) is 0 Å². The number of benzene rings is 1. The minimum absolute atomic E-state index is 0.149. The van der Waals surface area contributed by atoms with Gasteiger partial charge in [-0.15, -0.1) is 0 Å². The molecule has 0 aliphatic carbocycles. The van der Waals surface area contributed by atoms with Gasteiger partial charge in [0.1, 0.15) is 5.75 Å². The molecule has 0 saturated heterocycles. The van der Waals surface area contributed by atoms with Gasteiger partial charge in [-0.1, -0.05) is 6.07 Å². The summed E-state index contributed by atoms with van der Waals surface area (Å²) in [6, 6.07) is 9.07. The van der Waals surface area contributed by atoms with Crippen LogP contribution in [0.25, 0.3) is 0 Å². The second-order valence-electron chi connectivity index (χ2n) is 4.51. The van der Waals surface area contributed by atoms with Crippen LogP contribution in [-0.2, 0) is 11.2 Å². The van der Waals surface area contributed by atoms with Crippen LogP contribution >= 0.6 is 0 Å². The molecular weight excluding hydrogens is 254 g/mol. The van der Waals surface area contributed by atoms with Crippen LogP contribution in [0.4, 0.5) is 11.4 Å². The molecule has 0 saturated carbocycles. The number of nitrogens with one attached hydrogen (secondary N) is 1. The first kappa shape index (κ1) is 13.9. The molecule has 104 valence electrons. The van der Waals surface area contributed by atoms with Crippen LogP contribution in [-0.4, -0.2) is 18.0 Å². The van der Waals surface area contributed by atoms with Crippen LogP contribution < -0.4 is 15.8 Å². The van der Waals surface area contributed by atoms with Crippen molar-refractivity contribution in [1.82, 2.24) is 4.98 Å². The van der Waals surface area contributed by atoms with Crippen molar-refractivity contribution < 1.29 is 9.53 Å². The molecule has 0 unspecified atom stereocenters. The van der Waals surface area contributed by atoms with Gasteiger partial charge < -0.3 is 15.8 Å². The van der Waals surface area contributed by atoms with Crippen molar-refractivity contribution in [2.75, 3.05) is 18.2 Å². The Labute approximate surface area is 117 Å². The standard InChI is InChI=1S/C15H17N3O2/c1-10-3-6-13(14(7-10)20-2)18-15(19)8-12-5-4-11(16)9-17-12/h3-7,9H,8,16H2,1-2H3,(H,18,19). The molecule has 0 bridgehead atoms. The van der Waals surface area contributed by atoms with E-state index in [0.29, 0.717) is 22.8 Å². The van der Waals surface area contributed by atoms with Crippen LogP contribution in [0.2, 0.25) is 0 Å². The Hall–Kier alpha value is -2.56. The molecule has 5 heteroatoms. The zero-order valence-electron chi connectivity index (χ0n) is 11.5. The highest BCUT2D eigenvalue weighted by molar-refractivity contribution is 5.93. The Kier molecular flexibility index (Phi) is 4.20. The zero-order valence-corrected chi connectivity index (χ0v) is 11.5. The molecule has 0 radical (unpaired) electrons. The monoisotopic (exact) mass is 271 g/mol. The van der Waals surface area contributed by atoms with Crippen molar-refractivity contribution in [1.29, 1.82) is 0 Å². The topological polar surface area (TPSA) is 77.2 Å². The number of hydrogen-bond donors (Lipinski definition) is 2. The molecule has 1 aromatic carbocycles. The summed E-state index contributed by atoms with van der Waals surface area (Å²) in [6.07, 6.45) is 1.73. The summed E-state index contributed by atoms with van der Waals surface area (Å²) in [5.74, 6) is 0.494. The summed E-state index contributed by atoms with van der Waals surface area (Å²) in [5.41, 5.74) is 8.52. The summed E-state index contributed by atoms with van der Waals surface area (Å²) in [7, 11) is 1.58. The van der Waals surface area contributed by atoms with Gasteiger partial charge in [-0.2, -0.15) is 0 Å². The molecule has 0 spiro atoms. The Morgan fingerprint density at radius 3 is 2.80 bits per heavy atom. The Bertz CT molecular complexity index is 609. The molecule has 5 nitrogen and oxygen atoms in total. The van der Waals surface area contributed by atoms with E-state index in [2.05, 4.69) is 10.3 Å². The number of rotatable bonds is 4. The van der Waals surface area contributed by atoms with E-state index in [1.165, 1.54) is 6.20 Å². The molecule has 2 rings (SSSR count). The lowest BCUT2D eigenvalue weighted by molar-refractivity contribution is -0.115. The van der Waals surface area contributed by atoms with E-state index in [9.17, 15) is 4.79 Å². The van der Waals surface area contributed by atoms with E-state index >= 15 is 0 Å². The number of aryl methyl sites for hydroxylation is 1. The highest BCUT2D eigenvalue weighted by Gasteiger charge is 2.09. The number of ether oxygens (including phenoxy) is 1. The van der Waals surface area contributed by atoms with Gasteiger partial charge in [0, 0.05) is 5.69 Å². The molecule has 0 fully saturated rings. The smallest absolute Gasteiger partial charge is 0.230 e. The van der Waals surface area contributed by atoms with Crippen molar-refractivity contribution in [3.63, 3.8) is 0 Å². The number of nitrogen functional groups attached to an aromatic ring is 1. The summed E-state index contributed by atoms with van der Waals surface area (Å²) >= 11 is 0. The quantitative estimate of drug-likeness (QED) is 0.893. The number of carbonyl (C=O) groups excluding carboxylic acids is 1.